The van der Waals surface area contributed by atoms with E-state index in [1.165, 1.54) is 7.11 Å². The van der Waals surface area contributed by atoms with Crippen LogP contribution < -0.4 is 0 Å². The highest BCUT2D eigenvalue weighted by atomic mass is 16.6. The maximum Gasteiger partial charge on any atom is 0.309 e. The van der Waals surface area contributed by atoms with Crippen LogP contribution in [0.3, 0.4) is 0 Å². The van der Waals surface area contributed by atoms with E-state index in [0.717, 1.165) is 37.7 Å². The number of ether oxygens (including phenoxy) is 2. The molecule has 5 fully saturated rings. The predicted molar refractivity (Wildman–Crippen MR) is 108 cm³/mol. The summed E-state index contributed by atoms with van der Waals surface area (Å²) in [5.41, 5.74) is 0.675. The van der Waals surface area contributed by atoms with Crippen molar-refractivity contribution < 1.29 is 23.9 Å². The van der Waals surface area contributed by atoms with E-state index < -0.39 is 0 Å². The smallest absolute Gasteiger partial charge is 0.309 e. The molecule has 5 nitrogen and oxygen atoms in total. The first kappa shape index (κ1) is 19.2. The molecule has 0 amide bonds. The summed E-state index contributed by atoms with van der Waals surface area (Å²) in [6.45, 7) is 4.67. The number of hydrogen-bond donors (Lipinski definition) is 0. The van der Waals surface area contributed by atoms with Gasteiger partial charge in [-0.3, -0.25) is 14.4 Å². The molecule has 30 heavy (non-hydrogen) atoms. The van der Waals surface area contributed by atoms with Crippen molar-refractivity contribution in [3.63, 3.8) is 0 Å². The third kappa shape index (κ3) is 1.97. The summed E-state index contributed by atoms with van der Waals surface area (Å²) < 4.78 is 12.0. The zero-order valence-corrected chi connectivity index (χ0v) is 18.3. The topological polar surface area (TPSA) is 73.0 Å². The van der Waals surface area contributed by atoms with Gasteiger partial charge in [-0.1, -0.05) is 19.4 Å². The zero-order chi connectivity index (χ0) is 21.1. The minimum Gasteiger partial charge on any atom is -0.469 e. The van der Waals surface area contributed by atoms with Gasteiger partial charge in [0.1, 0.15) is 11.4 Å². The lowest BCUT2D eigenvalue weighted by molar-refractivity contribution is -0.158. The molecule has 0 radical (unpaired) electrons. The van der Waals surface area contributed by atoms with Gasteiger partial charge in [0.25, 0.3) is 0 Å². The van der Waals surface area contributed by atoms with Crippen LogP contribution in [0.4, 0.5) is 0 Å². The average molecular weight is 413 g/mol. The fourth-order valence-electron chi connectivity index (χ4n) is 9.25. The summed E-state index contributed by atoms with van der Waals surface area (Å²) in [6.07, 6.45) is 9.43. The highest BCUT2D eigenvalue weighted by Crippen LogP contribution is 2.80. The van der Waals surface area contributed by atoms with Crippen LogP contribution in [-0.2, 0) is 23.9 Å². The minimum absolute atomic E-state index is 0.0306. The highest BCUT2D eigenvalue weighted by Gasteiger charge is 2.82. The van der Waals surface area contributed by atoms with Crippen molar-refractivity contribution in [2.45, 2.75) is 83.3 Å². The van der Waals surface area contributed by atoms with Gasteiger partial charge < -0.3 is 9.47 Å². The van der Waals surface area contributed by atoms with Crippen LogP contribution in [0.2, 0.25) is 0 Å². The van der Waals surface area contributed by atoms with E-state index in [1.54, 1.807) is 0 Å². The van der Waals surface area contributed by atoms with E-state index in [0.29, 0.717) is 37.4 Å². The molecule has 0 N–H and O–H groups in total. The van der Waals surface area contributed by atoms with Gasteiger partial charge in [0.2, 0.25) is 0 Å². The third-order valence-corrected chi connectivity index (χ3v) is 10.8. The molecular weight excluding hydrogens is 380 g/mol. The molecule has 2 spiro atoms. The maximum absolute atomic E-state index is 13.1. The van der Waals surface area contributed by atoms with Crippen LogP contribution in [0.5, 0.6) is 0 Å². The Kier molecular flexibility index (Phi) is 3.62. The second-order valence-corrected chi connectivity index (χ2v) is 11.5. The van der Waals surface area contributed by atoms with E-state index >= 15 is 0 Å². The second-order valence-electron chi connectivity index (χ2n) is 11.5. The van der Waals surface area contributed by atoms with Gasteiger partial charge in [0.05, 0.1) is 19.1 Å². The largest absolute Gasteiger partial charge is 0.469 e. The lowest BCUT2D eigenvalue weighted by Crippen LogP contribution is -2.62. The van der Waals surface area contributed by atoms with Crippen LogP contribution in [0.1, 0.15) is 71.6 Å². The lowest BCUT2D eigenvalue weighted by atomic mass is 9.42. The summed E-state index contributed by atoms with van der Waals surface area (Å²) in [6, 6.07) is 0. The number of methoxy groups -OCH3 is 1. The molecule has 8 atom stereocenters. The predicted octanol–water partition coefficient (Wildman–Crippen LogP) is 3.79. The SMILES string of the molecule is COC(=O)C1CC2=CC(=O)CCC2(C)[C@@]23O[C@@H]2CC2(C)C(CC[C@@]24CCC(=O)C4)C13. The lowest BCUT2D eigenvalue weighted by Gasteiger charge is -2.59. The molecule has 1 saturated heterocycles. The summed E-state index contributed by atoms with van der Waals surface area (Å²) in [5.74, 6) is 0.621. The van der Waals surface area contributed by atoms with E-state index in [2.05, 4.69) is 13.8 Å². The number of carbonyl (C=O) groups is 3. The molecule has 4 saturated carbocycles. The molecule has 5 heteroatoms. The van der Waals surface area contributed by atoms with Crippen LogP contribution >= 0.6 is 0 Å². The summed E-state index contributed by atoms with van der Waals surface area (Å²) in [5, 5.41) is 0. The molecule has 0 aromatic rings. The van der Waals surface area contributed by atoms with E-state index in [4.69, 9.17) is 9.47 Å². The summed E-state index contributed by atoms with van der Waals surface area (Å²) in [7, 11) is 1.47. The van der Waals surface area contributed by atoms with Crippen LogP contribution in [-0.4, -0.2) is 36.4 Å². The maximum atomic E-state index is 13.1. The van der Waals surface area contributed by atoms with Crippen molar-refractivity contribution >= 4 is 17.5 Å². The zero-order valence-electron chi connectivity index (χ0n) is 18.3. The van der Waals surface area contributed by atoms with Gasteiger partial charge in [-0.25, -0.2) is 0 Å². The van der Waals surface area contributed by atoms with Gasteiger partial charge in [0.15, 0.2) is 5.78 Å². The van der Waals surface area contributed by atoms with Gasteiger partial charge in [-0.15, -0.1) is 0 Å². The fraction of sp³-hybridized carbons (Fsp3) is 0.800. The molecule has 0 bridgehead atoms. The highest BCUT2D eigenvalue weighted by molar-refractivity contribution is 5.92. The average Bonchev–Trinajstić information content (AvgIpc) is 3.20. The number of Topliss-reactive ketones (excluding diaryl/α,β-unsaturated/α-hetero) is 1. The molecule has 162 valence electrons. The third-order valence-electron chi connectivity index (χ3n) is 10.8. The summed E-state index contributed by atoms with van der Waals surface area (Å²) >= 11 is 0. The van der Waals surface area contributed by atoms with Crippen molar-refractivity contribution in [3.8, 4) is 0 Å². The number of fused-ring (bicyclic) bond motifs is 4. The van der Waals surface area contributed by atoms with Crippen LogP contribution in [0.25, 0.3) is 0 Å². The number of esters is 1. The van der Waals surface area contributed by atoms with Crippen molar-refractivity contribution in [1.82, 2.24) is 0 Å². The normalized spacial score (nSPS) is 53.5. The Labute approximate surface area is 177 Å². The first-order chi connectivity index (χ1) is 14.2. The van der Waals surface area contributed by atoms with Crippen molar-refractivity contribution in [2.24, 2.45) is 34.0 Å². The van der Waals surface area contributed by atoms with Gasteiger partial charge in [-0.2, -0.15) is 0 Å². The first-order valence-corrected chi connectivity index (χ1v) is 11.7. The molecule has 1 heterocycles. The molecule has 6 aliphatic rings. The number of epoxide rings is 1. The number of carbonyl (C=O) groups excluding carboxylic acids is 3. The number of ketones is 2. The Morgan fingerprint density at radius 3 is 2.67 bits per heavy atom. The molecule has 5 unspecified atom stereocenters. The van der Waals surface area contributed by atoms with Gasteiger partial charge in [-0.05, 0) is 61.3 Å². The Bertz CT molecular complexity index is 905. The monoisotopic (exact) mass is 412 g/mol. The van der Waals surface area contributed by atoms with Gasteiger partial charge >= 0.3 is 5.97 Å². The van der Waals surface area contributed by atoms with Crippen LogP contribution in [0.15, 0.2) is 11.6 Å². The van der Waals surface area contributed by atoms with Crippen molar-refractivity contribution in [3.05, 3.63) is 11.6 Å². The van der Waals surface area contributed by atoms with Gasteiger partial charge in [0, 0.05) is 30.6 Å². The Balaban J connectivity index is 1.49. The Morgan fingerprint density at radius 2 is 1.97 bits per heavy atom. The molecular formula is C25H32O5. The Hall–Kier alpha value is -1.49. The summed E-state index contributed by atoms with van der Waals surface area (Å²) in [4.78, 5) is 37.6. The second kappa shape index (κ2) is 5.65. The standard InChI is InChI=1S/C25H32O5/c1-22-7-4-15(26)10-14(22)11-17(21(28)29-3)20-18-6-9-24(8-5-16(27)12-24)23(18,2)13-19-25(20,22)30-19/h10,17-20H,4-9,11-13H2,1-3H3/t17?,18?,19-,20?,22?,23?,24-,25-/m1/s1. The number of hydrogen-bond acceptors (Lipinski definition) is 5. The molecule has 0 aromatic carbocycles. The minimum atomic E-state index is -0.352. The van der Waals surface area contributed by atoms with Crippen molar-refractivity contribution in [1.29, 1.82) is 0 Å². The Morgan fingerprint density at radius 1 is 1.17 bits per heavy atom. The molecule has 5 aliphatic carbocycles. The molecule has 1 aliphatic heterocycles. The van der Waals surface area contributed by atoms with E-state index in [9.17, 15) is 14.4 Å². The fourth-order valence-corrected chi connectivity index (χ4v) is 9.25. The van der Waals surface area contributed by atoms with Crippen molar-refractivity contribution in [2.75, 3.05) is 7.11 Å². The van der Waals surface area contributed by atoms with Crippen LogP contribution in [0, 0.1) is 34.0 Å². The van der Waals surface area contributed by atoms with E-state index in [-0.39, 0.29) is 51.5 Å². The van der Waals surface area contributed by atoms with E-state index in [1.807, 2.05) is 6.08 Å². The molecule has 0 aromatic heterocycles. The number of rotatable bonds is 1. The first-order valence-electron chi connectivity index (χ1n) is 11.7. The quantitative estimate of drug-likeness (QED) is 0.484. The molecule has 6 rings (SSSR count).